The Morgan fingerprint density at radius 2 is 2.00 bits per heavy atom. The van der Waals surface area contributed by atoms with Gasteiger partial charge in [-0.1, -0.05) is 40.0 Å². The second kappa shape index (κ2) is 7.62. The van der Waals surface area contributed by atoms with Crippen molar-refractivity contribution in [2.45, 2.75) is 84.7 Å². The van der Waals surface area contributed by atoms with Gasteiger partial charge in [-0.2, -0.15) is 0 Å². The Kier molecular flexibility index (Phi) is 5.34. The molecular weight excluding hydrogens is 370 g/mol. The lowest BCUT2D eigenvalue weighted by Gasteiger charge is -2.33. The third-order valence-electron chi connectivity index (χ3n) is 6.54. The number of aromatic nitrogens is 2. The van der Waals surface area contributed by atoms with Crippen molar-refractivity contribution in [3.63, 3.8) is 0 Å². The molecule has 0 spiro atoms. The zero-order chi connectivity index (χ0) is 19.9. The predicted molar refractivity (Wildman–Crippen MR) is 114 cm³/mol. The second-order valence-electron chi connectivity index (χ2n) is 9.57. The van der Waals surface area contributed by atoms with Gasteiger partial charge in [0.2, 0.25) is 5.91 Å². The van der Waals surface area contributed by atoms with Crippen LogP contribution in [0.2, 0.25) is 0 Å². The van der Waals surface area contributed by atoms with E-state index in [2.05, 4.69) is 31.1 Å². The van der Waals surface area contributed by atoms with E-state index < -0.39 is 0 Å². The van der Waals surface area contributed by atoms with Crippen LogP contribution in [0, 0.1) is 11.3 Å². The van der Waals surface area contributed by atoms with E-state index in [1.807, 2.05) is 0 Å². The molecule has 1 amide bonds. The number of hydrogen-bond donors (Lipinski definition) is 1. The largest absolute Gasteiger partial charge is 0.352 e. The molecule has 4 rings (SSSR count). The smallest absolute Gasteiger partial charge is 0.262 e. The molecule has 0 saturated heterocycles. The van der Waals surface area contributed by atoms with Crippen molar-refractivity contribution in [3.05, 3.63) is 27.1 Å². The van der Waals surface area contributed by atoms with Crippen molar-refractivity contribution >= 4 is 27.5 Å². The summed E-state index contributed by atoms with van der Waals surface area (Å²) in [4.78, 5) is 32.2. The molecule has 1 N–H and O–H groups in total. The number of thiophene rings is 1. The highest BCUT2D eigenvalue weighted by molar-refractivity contribution is 7.18. The zero-order valence-electron chi connectivity index (χ0n) is 17.2. The molecule has 2 aliphatic rings. The second-order valence-corrected chi connectivity index (χ2v) is 10.7. The highest BCUT2D eigenvalue weighted by atomic mass is 32.1. The number of carbonyl (C=O) groups is 1. The minimum absolute atomic E-state index is 0.0597. The van der Waals surface area contributed by atoms with Gasteiger partial charge in [0.05, 0.1) is 11.7 Å². The van der Waals surface area contributed by atoms with Gasteiger partial charge in [-0.3, -0.25) is 14.2 Å². The topological polar surface area (TPSA) is 64.0 Å². The Morgan fingerprint density at radius 3 is 2.71 bits per heavy atom. The Bertz CT molecular complexity index is 932. The third-order valence-corrected chi connectivity index (χ3v) is 7.71. The maximum atomic E-state index is 13.1. The first-order chi connectivity index (χ1) is 13.3. The van der Waals surface area contributed by atoms with Crippen LogP contribution < -0.4 is 10.9 Å². The summed E-state index contributed by atoms with van der Waals surface area (Å²) in [7, 11) is 0. The molecule has 1 saturated carbocycles. The van der Waals surface area contributed by atoms with E-state index in [0.29, 0.717) is 5.92 Å². The molecule has 0 unspecified atom stereocenters. The zero-order valence-corrected chi connectivity index (χ0v) is 18.0. The Hall–Kier alpha value is -1.69. The lowest BCUT2D eigenvalue weighted by molar-refractivity contribution is -0.122. The van der Waals surface area contributed by atoms with Gasteiger partial charge < -0.3 is 5.32 Å². The lowest BCUT2D eigenvalue weighted by Crippen LogP contribution is -2.39. The fourth-order valence-electron chi connectivity index (χ4n) is 4.73. The summed E-state index contributed by atoms with van der Waals surface area (Å²) < 4.78 is 1.49. The first-order valence-corrected chi connectivity index (χ1v) is 11.4. The normalized spacial score (nSPS) is 20.9. The third kappa shape index (κ3) is 3.88. The predicted octanol–water partition coefficient (Wildman–Crippen LogP) is 4.06. The van der Waals surface area contributed by atoms with Gasteiger partial charge in [0.15, 0.2) is 0 Å². The van der Waals surface area contributed by atoms with Gasteiger partial charge in [0.25, 0.3) is 5.56 Å². The van der Waals surface area contributed by atoms with Gasteiger partial charge in [0.1, 0.15) is 11.4 Å². The van der Waals surface area contributed by atoms with E-state index in [9.17, 15) is 9.59 Å². The monoisotopic (exact) mass is 401 g/mol. The minimum Gasteiger partial charge on any atom is -0.352 e. The summed E-state index contributed by atoms with van der Waals surface area (Å²) >= 11 is 1.66. The van der Waals surface area contributed by atoms with Crippen molar-refractivity contribution in [1.29, 1.82) is 0 Å². The molecule has 2 aromatic heterocycles. The molecule has 28 heavy (non-hydrogen) atoms. The fraction of sp³-hybridized carbons (Fsp3) is 0.682. The van der Waals surface area contributed by atoms with E-state index >= 15 is 0 Å². The molecular formula is C22H31N3O2S. The number of carbonyl (C=O) groups excluding carboxylic acids is 1. The average molecular weight is 402 g/mol. The molecule has 6 heteroatoms. The van der Waals surface area contributed by atoms with Crippen LogP contribution >= 0.6 is 11.3 Å². The van der Waals surface area contributed by atoms with E-state index in [4.69, 9.17) is 0 Å². The number of nitrogens with one attached hydrogen (secondary N) is 1. The van der Waals surface area contributed by atoms with Crippen LogP contribution in [0.4, 0.5) is 0 Å². The lowest BCUT2D eigenvalue weighted by atomic mass is 9.72. The van der Waals surface area contributed by atoms with Crippen LogP contribution in [0.15, 0.2) is 11.1 Å². The molecule has 0 aliphatic heterocycles. The highest BCUT2D eigenvalue weighted by Crippen LogP contribution is 2.41. The molecule has 5 nitrogen and oxygen atoms in total. The van der Waals surface area contributed by atoms with Crippen molar-refractivity contribution in [2.75, 3.05) is 0 Å². The number of hydrogen-bond acceptors (Lipinski definition) is 4. The SMILES string of the molecule is CC(C)(C)[C@@H]1CCc2c(sc3ncn(CC(=O)NC4CCCCC4)c(=O)c23)C1. The number of fused-ring (bicyclic) bond motifs is 3. The Labute approximate surface area is 170 Å². The standard InChI is InChI=1S/C22H31N3O2S/c1-22(2,3)14-9-10-16-17(11-14)28-20-19(16)21(27)25(13-23-20)12-18(26)24-15-7-5-4-6-8-15/h13-15H,4-12H2,1-3H3,(H,24,26)/t14-/m1/s1. The van der Waals surface area contributed by atoms with Gasteiger partial charge in [0, 0.05) is 10.9 Å². The van der Waals surface area contributed by atoms with Crippen LogP contribution in [0.3, 0.4) is 0 Å². The first kappa shape index (κ1) is 19.6. The molecule has 0 bridgehead atoms. The van der Waals surface area contributed by atoms with Crippen molar-refractivity contribution in [3.8, 4) is 0 Å². The minimum atomic E-state index is -0.0768. The van der Waals surface area contributed by atoms with Gasteiger partial charge in [-0.05, 0) is 49.0 Å². The van der Waals surface area contributed by atoms with Crippen LogP contribution in [0.1, 0.15) is 69.7 Å². The van der Waals surface area contributed by atoms with Crippen LogP contribution in [0.25, 0.3) is 10.2 Å². The summed E-state index contributed by atoms with van der Waals surface area (Å²) in [6, 6.07) is 0.261. The number of rotatable bonds is 3. The summed E-state index contributed by atoms with van der Waals surface area (Å²) in [6.45, 7) is 6.96. The molecule has 1 atom stereocenters. The van der Waals surface area contributed by atoms with E-state index in [0.717, 1.165) is 42.3 Å². The number of amides is 1. The van der Waals surface area contributed by atoms with Crippen molar-refractivity contribution in [1.82, 2.24) is 14.9 Å². The first-order valence-electron chi connectivity index (χ1n) is 10.6. The summed E-state index contributed by atoms with van der Waals surface area (Å²) in [5.41, 5.74) is 1.40. The Morgan fingerprint density at radius 1 is 1.25 bits per heavy atom. The number of nitrogens with zero attached hydrogens (tertiary/aromatic N) is 2. The maximum absolute atomic E-state index is 13.1. The summed E-state index contributed by atoms with van der Waals surface area (Å²) in [5, 5.41) is 3.85. The molecule has 152 valence electrons. The molecule has 0 aromatic carbocycles. The maximum Gasteiger partial charge on any atom is 0.262 e. The number of aryl methyl sites for hydroxylation is 1. The quantitative estimate of drug-likeness (QED) is 0.844. The highest BCUT2D eigenvalue weighted by Gasteiger charge is 2.31. The molecule has 2 aromatic rings. The average Bonchev–Trinajstić information content (AvgIpc) is 3.02. The van der Waals surface area contributed by atoms with E-state index in [1.54, 1.807) is 17.7 Å². The molecule has 2 heterocycles. The van der Waals surface area contributed by atoms with Gasteiger partial charge in [-0.15, -0.1) is 11.3 Å². The van der Waals surface area contributed by atoms with Crippen LogP contribution in [-0.2, 0) is 24.2 Å². The van der Waals surface area contributed by atoms with Gasteiger partial charge >= 0.3 is 0 Å². The Balaban J connectivity index is 1.56. The molecule has 2 aliphatic carbocycles. The summed E-state index contributed by atoms with van der Waals surface area (Å²) in [6.07, 6.45) is 10.3. The molecule has 1 fully saturated rings. The van der Waals surface area contributed by atoms with E-state index in [1.165, 1.54) is 34.3 Å². The summed E-state index contributed by atoms with van der Waals surface area (Å²) in [5.74, 6) is 0.559. The van der Waals surface area contributed by atoms with E-state index in [-0.39, 0.29) is 29.5 Å². The van der Waals surface area contributed by atoms with Crippen LogP contribution in [-0.4, -0.2) is 21.5 Å². The van der Waals surface area contributed by atoms with Crippen molar-refractivity contribution < 1.29 is 4.79 Å². The fourth-order valence-corrected chi connectivity index (χ4v) is 5.99. The van der Waals surface area contributed by atoms with Gasteiger partial charge in [-0.25, -0.2) is 4.98 Å². The van der Waals surface area contributed by atoms with Crippen molar-refractivity contribution in [2.24, 2.45) is 11.3 Å². The van der Waals surface area contributed by atoms with Crippen LogP contribution in [0.5, 0.6) is 0 Å². The molecule has 0 radical (unpaired) electrons.